The Kier molecular flexibility index (Phi) is 6.93. The number of thioether (sulfide) groups is 1. The van der Waals surface area contributed by atoms with Gasteiger partial charge in [0.15, 0.2) is 11.0 Å². The Hall–Kier alpha value is -2.78. The second-order valence-corrected chi connectivity index (χ2v) is 8.33. The van der Waals surface area contributed by atoms with Crippen LogP contribution in [0.4, 0.5) is 14.5 Å². The average Bonchev–Trinajstić information content (AvgIpc) is 3.17. The number of carbonyl (C=O) groups is 1. The van der Waals surface area contributed by atoms with Gasteiger partial charge in [-0.15, -0.1) is 10.2 Å². The molecule has 1 fully saturated rings. The molecule has 3 aromatic rings. The zero-order valence-corrected chi connectivity index (χ0v) is 17.7. The topological polar surface area (TPSA) is 63.1 Å². The number of amides is 1. The van der Waals surface area contributed by atoms with E-state index in [0.717, 1.165) is 37.4 Å². The van der Waals surface area contributed by atoms with E-state index in [4.69, 9.17) is 0 Å². The number of hydrogen-bond donors (Lipinski definition) is 1. The maximum absolute atomic E-state index is 13.5. The fraction of sp³-hybridized carbons (Fsp3) is 0.318. The van der Waals surface area contributed by atoms with Gasteiger partial charge in [0.2, 0.25) is 5.91 Å². The smallest absolute Gasteiger partial charge is 0.234 e. The first kappa shape index (κ1) is 21.5. The van der Waals surface area contributed by atoms with Crippen molar-refractivity contribution < 1.29 is 13.6 Å². The van der Waals surface area contributed by atoms with Crippen molar-refractivity contribution in [2.24, 2.45) is 0 Å². The molecule has 31 heavy (non-hydrogen) atoms. The van der Waals surface area contributed by atoms with Crippen molar-refractivity contribution in [3.8, 4) is 5.69 Å². The highest BCUT2D eigenvalue weighted by Crippen LogP contribution is 2.24. The van der Waals surface area contributed by atoms with Crippen molar-refractivity contribution in [1.82, 2.24) is 19.7 Å². The van der Waals surface area contributed by atoms with Crippen molar-refractivity contribution in [2.75, 3.05) is 24.2 Å². The molecule has 1 N–H and O–H groups in total. The Morgan fingerprint density at radius 2 is 1.58 bits per heavy atom. The molecule has 1 aromatic heterocycles. The van der Waals surface area contributed by atoms with Crippen molar-refractivity contribution in [2.45, 2.75) is 31.0 Å². The van der Waals surface area contributed by atoms with E-state index in [2.05, 4.69) is 20.4 Å². The Bertz CT molecular complexity index is 1020. The average molecular weight is 444 g/mol. The van der Waals surface area contributed by atoms with Crippen LogP contribution in [-0.2, 0) is 11.3 Å². The van der Waals surface area contributed by atoms with Crippen LogP contribution >= 0.6 is 11.8 Å². The van der Waals surface area contributed by atoms with E-state index >= 15 is 0 Å². The van der Waals surface area contributed by atoms with Gasteiger partial charge < -0.3 is 5.32 Å². The normalized spacial score (nSPS) is 14.5. The van der Waals surface area contributed by atoms with E-state index in [9.17, 15) is 13.6 Å². The Morgan fingerprint density at radius 3 is 2.26 bits per heavy atom. The SMILES string of the molecule is O=C(CSc1nnc(CN2CCCCC2)n1-c1ccc(F)cc1)Nc1ccc(F)cc1. The molecule has 0 spiro atoms. The summed E-state index contributed by atoms with van der Waals surface area (Å²) in [6.07, 6.45) is 3.57. The molecule has 4 rings (SSSR count). The standard InChI is InChI=1S/C22H23F2N5OS/c23-16-4-8-18(9-5-16)25-21(30)15-31-22-27-26-20(14-28-12-2-1-3-13-28)29(22)19-10-6-17(24)7-11-19/h4-11H,1-3,12-15H2,(H,25,30). The maximum atomic E-state index is 13.5. The third kappa shape index (κ3) is 5.68. The third-order valence-corrected chi connectivity index (χ3v) is 5.99. The number of carbonyl (C=O) groups excluding carboxylic acids is 1. The molecular weight excluding hydrogens is 420 g/mol. The molecule has 2 aromatic carbocycles. The number of aromatic nitrogens is 3. The lowest BCUT2D eigenvalue weighted by molar-refractivity contribution is -0.113. The van der Waals surface area contributed by atoms with Gasteiger partial charge in [0.05, 0.1) is 12.3 Å². The van der Waals surface area contributed by atoms with Gasteiger partial charge in [0.1, 0.15) is 11.6 Å². The van der Waals surface area contributed by atoms with Crippen LogP contribution in [0.2, 0.25) is 0 Å². The van der Waals surface area contributed by atoms with Crippen LogP contribution in [0.3, 0.4) is 0 Å². The summed E-state index contributed by atoms with van der Waals surface area (Å²) < 4.78 is 28.4. The minimum Gasteiger partial charge on any atom is -0.325 e. The second kappa shape index (κ2) is 10.0. The highest BCUT2D eigenvalue weighted by atomic mass is 32.2. The number of nitrogens with one attached hydrogen (secondary N) is 1. The Morgan fingerprint density at radius 1 is 0.935 bits per heavy atom. The summed E-state index contributed by atoms with van der Waals surface area (Å²) in [4.78, 5) is 14.7. The highest BCUT2D eigenvalue weighted by molar-refractivity contribution is 7.99. The van der Waals surface area contributed by atoms with Gasteiger partial charge >= 0.3 is 0 Å². The lowest BCUT2D eigenvalue weighted by atomic mass is 10.1. The summed E-state index contributed by atoms with van der Waals surface area (Å²) >= 11 is 1.25. The first-order valence-electron chi connectivity index (χ1n) is 10.2. The summed E-state index contributed by atoms with van der Waals surface area (Å²) in [5.41, 5.74) is 1.28. The minimum atomic E-state index is -0.360. The van der Waals surface area contributed by atoms with Gasteiger partial charge in [-0.05, 0) is 74.5 Å². The number of piperidine rings is 1. The second-order valence-electron chi connectivity index (χ2n) is 7.39. The number of halogens is 2. The van der Waals surface area contributed by atoms with Crippen LogP contribution in [-0.4, -0.2) is 44.4 Å². The van der Waals surface area contributed by atoms with Gasteiger partial charge in [-0.1, -0.05) is 18.2 Å². The molecule has 0 unspecified atom stereocenters. The molecule has 0 radical (unpaired) electrons. The first-order chi connectivity index (χ1) is 15.1. The van der Waals surface area contributed by atoms with E-state index in [1.54, 1.807) is 12.1 Å². The van der Waals surface area contributed by atoms with Gasteiger partial charge in [0, 0.05) is 11.4 Å². The molecule has 162 valence electrons. The zero-order valence-electron chi connectivity index (χ0n) is 16.9. The quantitative estimate of drug-likeness (QED) is 0.553. The number of benzene rings is 2. The molecular formula is C22H23F2N5OS. The first-order valence-corrected chi connectivity index (χ1v) is 11.2. The summed E-state index contributed by atoms with van der Waals surface area (Å²) in [5.74, 6) is -0.0402. The molecule has 0 bridgehead atoms. The zero-order chi connectivity index (χ0) is 21.6. The molecule has 0 atom stereocenters. The van der Waals surface area contributed by atoms with E-state index in [1.165, 1.54) is 54.6 Å². The molecule has 9 heteroatoms. The van der Waals surface area contributed by atoms with Crippen molar-refractivity contribution in [3.05, 3.63) is 66.0 Å². The van der Waals surface area contributed by atoms with Gasteiger partial charge in [-0.25, -0.2) is 8.78 Å². The third-order valence-electron chi connectivity index (χ3n) is 5.06. The molecule has 0 saturated carbocycles. The number of rotatable bonds is 7. The van der Waals surface area contributed by atoms with Gasteiger partial charge in [-0.3, -0.25) is 14.3 Å². The van der Waals surface area contributed by atoms with Crippen LogP contribution in [0.25, 0.3) is 5.69 Å². The summed E-state index contributed by atoms with van der Waals surface area (Å²) in [7, 11) is 0. The molecule has 1 saturated heterocycles. The van der Waals surface area contributed by atoms with Gasteiger partial charge in [0.25, 0.3) is 0 Å². The number of likely N-dealkylation sites (tertiary alicyclic amines) is 1. The van der Waals surface area contributed by atoms with Crippen molar-refractivity contribution >= 4 is 23.4 Å². The molecule has 2 heterocycles. The van der Waals surface area contributed by atoms with E-state index < -0.39 is 0 Å². The fourth-order valence-corrected chi connectivity index (χ4v) is 4.29. The number of anilines is 1. The summed E-state index contributed by atoms with van der Waals surface area (Å²) in [6.45, 7) is 2.67. The Balaban J connectivity index is 1.49. The van der Waals surface area contributed by atoms with Gasteiger partial charge in [-0.2, -0.15) is 0 Å². The largest absolute Gasteiger partial charge is 0.325 e. The monoisotopic (exact) mass is 443 g/mol. The molecule has 6 nitrogen and oxygen atoms in total. The number of hydrogen-bond acceptors (Lipinski definition) is 5. The van der Waals surface area contributed by atoms with E-state index in [1.807, 2.05) is 4.57 Å². The predicted molar refractivity (Wildman–Crippen MR) is 116 cm³/mol. The Labute approximate surface area is 183 Å². The minimum absolute atomic E-state index is 0.112. The van der Waals surface area contributed by atoms with Crippen LogP contribution in [0.5, 0.6) is 0 Å². The van der Waals surface area contributed by atoms with Crippen molar-refractivity contribution in [3.63, 3.8) is 0 Å². The van der Waals surface area contributed by atoms with Crippen LogP contribution in [0.15, 0.2) is 53.7 Å². The fourth-order valence-electron chi connectivity index (χ4n) is 3.52. The maximum Gasteiger partial charge on any atom is 0.234 e. The lowest BCUT2D eigenvalue weighted by Gasteiger charge is -2.26. The van der Waals surface area contributed by atoms with E-state index in [0.29, 0.717) is 17.4 Å². The molecule has 0 aliphatic carbocycles. The van der Waals surface area contributed by atoms with Crippen molar-refractivity contribution in [1.29, 1.82) is 0 Å². The van der Waals surface area contributed by atoms with E-state index in [-0.39, 0.29) is 23.3 Å². The van der Waals surface area contributed by atoms with Crippen LogP contribution in [0, 0.1) is 11.6 Å². The summed E-state index contributed by atoms with van der Waals surface area (Å²) in [5, 5.41) is 12.0. The number of nitrogens with zero attached hydrogens (tertiary/aromatic N) is 4. The molecule has 1 aliphatic rings. The van der Waals surface area contributed by atoms with Crippen LogP contribution in [0.1, 0.15) is 25.1 Å². The predicted octanol–water partition coefficient (Wildman–Crippen LogP) is 4.26. The molecule has 1 amide bonds. The molecule has 1 aliphatic heterocycles. The summed E-state index contributed by atoms with van der Waals surface area (Å²) in [6, 6.07) is 11.8. The van der Waals surface area contributed by atoms with Crippen LogP contribution < -0.4 is 5.32 Å². The lowest BCUT2D eigenvalue weighted by Crippen LogP contribution is -2.30. The highest BCUT2D eigenvalue weighted by Gasteiger charge is 2.19.